The van der Waals surface area contributed by atoms with E-state index in [9.17, 15) is 9.90 Å². The lowest BCUT2D eigenvalue weighted by Crippen LogP contribution is -1.93. The highest BCUT2D eigenvalue weighted by molar-refractivity contribution is 5.70. The number of carboxylic acids is 1. The minimum atomic E-state index is -0.659. The number of hydrogen-bond acceptors (Lipinski definition) is 2. The second-order valence-corrected chi connectivity index (χ2v) is 7.31. The fourth-order valence-corrected chi connectivity index (χ4v) is 2.97. The van der Waals surface area contributed by atoms with Gasteiger partial charge in [-0.1, -0.05) is 113 Å². The first kappa shape index (κ1) is 24.5. The maximum atomic E-state index is 10.2. The van der Waals surface area contributed by atoms with Crippen molar-refractivity contribution in [2.75, 3.05) is 0 Å². The molecule has 0 aromatic heterocycles. The van der Waals surface area contributed by atoms with E-state index in [-0.39, 0.29) is 0 Å². The van der Waals surface area contributed by atoms with Crippen LogP contribution in [0.3, 0.4) is 0 Å². The predicted molar refractivity (Wildman–Crippen MR) is 123 cm³/mol. The molecule has 2 aromatic carbocycles. The van der Waals surface area contributed by atoms with Gasteiger partial charge >= 0.3 is 5.97 Å². The molecule has 2 N–H and O–H groups in total. The van der Waals surface area contributed by atoms with Crippen molar-refractivity contribution in [2.24, 2.45) is 0 Å². The topological polar surface area (TPSA) is 57.5 Å². The summed E-state index contributed by atoms with van der Waals surface area (Å²) >= 11 is 0. The highest BCUT2D eigenvalue weighted by Crippen LogP contribution is 2.14. The second kappa shape index (κ2) is 16.4. The van der Waals surface area contributed by atoms with Gasteiger partial charge in [-0.15, -0.1) is 0 Å². The molecule has 0 heterocycles. The molecule has 0 bridgehead atoms. The van der Waals surface area contributed by atoms with E-state index in [1.54, 1.807) is 12.1 Å². The van der Waals surface area contributed by atoms with Crippen LogP contribution < -0.4 is 0 Å². The Labute approximate surface area is 176 Å². The predicted octanol–water partition coefficient (Wildman–Crippen LogP) is 7.55. The normalized spacial score (nSPS) is 10.5. The van der Waals surface area contributed by atoms with Crippen LogP contribution >= 0.6 is 0 Å². The third kappa shape index (κ3) is 14.1. The first-order chi connectivity index (χ1) is 14.1. The Hall–Kier alpha value is -2.55. The lowest BCUT2D eigenvalue weighted by atomic mass is 10.1. The number of benzene rings is 2. The molecule has 0 spiro atoms. The van der Waals surface area contributed by atoms with E-state index >= 15 is 0 Å². The van der Waals surface area contributed by atoms with Crippen molar-refractivity contribution in [1.82, 2.24) is 0 Å². The zero-order chi connectivity index (χ0) is 21.2. The lowest BCUT2D eigenvalue weighted by Gasteiger charge is -2.00. The maximum Gasteiger partial charge on any atom is 0.303 e. The summed E-state index contributed by atoms with van der Waals surface area (Å²) in [7, 11) is 0. The molecule has 0 aliphatic rings. The third-order valence-corrected chi connectivity index (χ3v) is 4.63. The number of rotatable bonds is 12. The van der Waals surface area contributed by atoms with Gasteiger partial charge in [0.05, 0.1) is 0 Å². The standard InChI is InChI=1S/C14H12O.C12H24O2/c15-14-8-4-7-13(11-14)10-9-12-5-2-1-3-6-12;1-2-3-4-5-6-7-8-9-10-11-12(13)14/h1-11,15H;2-11H2,1H3,(H,13,14). The fraction of sp³-hybridized carbons (Fsp3) is 0.423. The van der Waals surface area contributed by atoms with Crippen molar-refractivity contribution in [2.45, 2.75) is 71.1 Å². The molecule has 3 heteroatoms. The average molecular weight is 397 g/mol. The van der Waals surface area contributed by atoms with Crippen LogP contribution in [0.2, 0.25) is 0 Å². The summed E-state index contributed by atoms with van der Waals surface area (Å²) in [6.07, 6.45) is 15.5. The minimum absolute atomic E-state index is 0.296. The van der Waals surface area contributed by atoms with Gasteiger partial charge in [-0.3, -0.25) is 4.79 Å². The number of phenols is 1. The quantitative estimate of drug-likeness (QED) is 0.287. The minimum Gasteiger partial charge on any atom is -0.508 e. The van der Waals surface area contributed by atoms with E-state index in [4.69, 9.17) is 5.11 Å². The van der Waals surface area contributed by atoms with Crippen LogP contribution in [0.25, 0.3) is 12.2 Å². The molecular weight excluding hydrogens is 360 g/mol. The summed E-state index contributed by atoms with van der Waals surface area (Å²) < 4.78 is 0. The molecule has 0 radical (unpaired) electrons. The summed E-state index contributed by atoms with van der Waals surface area (Å²) in [6, 6.07) is 17.3. The molecule has 0 saturated carbocycles. The Morgan fingerprint density at radius 1 is 0.759 bits per heavy atom. The SMILES string of the molecule is CCCCCCCCCCCC(=O)O.Oc1cccc(C=Cc2ccccc2)c1. The fourth-order valence-electron chi connectivity index (χ4n) is 2.97. The summed E-state index contributed by atoms with van der Waals surface area (Å²) in [4.78, 5) is 10.2. The second-order valence-electron chi connectivity index (χ2n) is 7.31. The molecule has 0 amide bonds. The molecular formula is C26H36O3. The number of carbonyl (C=O) groups is 1. The Balaban J connectivity index is 0.000000291. The average Bonchev–Trinajstić information content (AvgIpc) is 2.72. The molecule has 2 rings (SSSR count). The molecule has 0 atom stereocenters. The van der Waals surface area contributed by atoms with E-state index in [0.29, 0.717) is 12.2 Å². The summed E-state index contributed by atoms with van der Waals surface area (Å²) in [5.74, 6) is -0.363. The highest BCUT2D eigenvalue weighted by Gasteiger charge is 1.96. The molecule has 3 nitrogen and oxygen atoms in total. The number of phenolic OH excluding ortho intramolecular Hbond substituents is 1. The van der Waals surface area contributed by atoms with Gasteiger partial charge in [0.15, 0.2) is 0 Å². The largest absolute Gasteiger partial charge is 0.508 e. The van der Waals surface area contributed by atoms with E-state index in [0.717, 1.165) is 24.0 Å². The van der Waals surface area contributed by atoms with E-state index in [1.165, 1.54) is 44.9 Å². The van der Waals surface area contributed by atoms with Crippen LogP contribution in [0.5, 0.6) is 5.75 Å². The Bertz CT molecular complexity index is 692. The van der Waals surface area contributed by atoms with Gasteiger partial charge in [-0.05, 0) is 29.7 Å². The first-order valence-corrected chi connectivity index (χ1v) is 10.9. The monoisotopic (exact) mass is 396 g/mol. The van der Waals surface area contributed by atoms with E-state index in [2.05, 4.69) is 6.92 Å². The zero-order valence-corrected chi connectivity index (χ0v) is 17.7. The smallest absolute Gasteiger partial charge is 0.303 e. The third-order valence-electron chi connectivity index (χ3n) is 4.63. The van der Waals surface area contributed by atoms with Crippen LogP contribution in [0.4, 0.5) is 0 Å². The van der Waals surface area contributed by atoms with Gasteiger partial charge in [0.25, 0.3) is 0 Å². The molecule has 0 unspecified atom stereocenters. The first-order valence-electron chi connectivity index (χ1n) is 10.9. The molecule has 2 aromatic rings. The van der Waals surface area contributed by atoms with Crippen molar-refractivity contribution in [3.05, 3.63) is 65.7 Å². The lowest BCUT2D eigenvalue weighted by molar-refractivity contribution is -0.137. The van der Waals surface area contributed by atoms with Gasteiger partial charge in [0, 0.05) is 6.42 Å². The molecule has 0 saturated heterocycles. The van der Waals surface area contributed by atoms with Crippen molar-refractivity contribution >= 4 is 18.1 Å². The number of hydrogen-bond donors (Lipinski definition) is 2. The zero-order valence-electron chi connectivity index (χ0n) is 17.7. The van der Waals surface area contributed by atoms with Gasteiger partial charge in [0.2, 0.25) is 0 Å². The summed E-state index contributed by atoms with van der Waals surface area (Å²) in [5.41, 5.74) is 2.15. The van der Waals surface area contributed by atoms with Gasteiger partial charge in [0.1, 0.15) is 5.75 Å². The van der Waals surface area contributed by atoms with Gasteiger partial charge in [-0.2, -0.15) is 0 Å². The number of aliphatic carboxylic acids is 1. The molecule has 0 fully saturated rings. The summed E-state index contributed by atoms with van der Waals surface area (Å²) in [6.45, 7) is 2.23. The van der Waals surface area contributed by atoms with Crippen molar-refractivity contribution in [3.63, 3.8) is 0 Å². The molecule has 0 aliphatic carbocycles. The van der Waals surface area contributed by atoms with Crippen LogP contribution in [-0.2, 0) is 4.79 Å². The van der Waals surface area contributed by atoms with Gasteiger partial charge < -0.3 is 10.2 Å². The number of carboxylic acid groups (broad SMARTS) is 1. The van der Waals surface area contributed by atoms with E-state index < -0.39 is 5.97 Å². The van der Waals surface area contributed by atoms with Crippen molar-refractivity contribution in [1.29, 1.82) is 0 Å². The summed E-state index contributed by atoms with van der Waals surface area (Å²) in [5, 5.41) is 17.7. The van der Waals surface area contributed by atoms with Crippen LogP contribution in [-0.4, -0.2) is 16.2 Å². The highest BCUT2D eigenvalue weighted by atomic mass is 16.4. The van der Waals surface area contributed by atoms with Gasteiger partial charge in [-0.25, -0.2) is 0 Å². The van der Waals surface area contributed by atoms with Crippen molar-refractivity contribution < 1.29 is 15.0 Å². The van der Waals surface area contributed by atoms with Crippen LogP contribution in [0.15, 0.2) is 54.6 Å². The van der Waals surface area contributed by atoms with Crippen LogP contribution in [0.1, 0.15) is 82.3 Å². The van der Waals surface area contributed by atoms with Crippen LogP contribution in [0, 0.1) is 0 Å². The van der Waals surface area contributed by atoms with E-state index in [1.807, 2.05) is 54.6 Å². The molecule has 0 aliphatic heterocycles. The Kier molecular flexibility index (Phi) is 13.9. The number of aromatic hydroxyl groups is 1. The Morgan fingerprint density at radius 2 is 1.31 bits per heavy atom. The number of unbranched alkanes of at least 4 members (excludes halogenated alkanes) is 8. The molecule has 158 valence electrons. The molecule has 29 heavy (non-hydrogen) atoms. The maximum absolute atomic E-state index is 10.2. The Morgan fingerprint density at radius 3 is 1.90 bits per heavy atom. The van der Waals surface area contributed by atoms with Crippen molar-refractivity contribution in [3.8, 4) is 5.75 Å².